The Bertz CT molecular complexity index is 3940. The van der Waals surface area contributed by atoms with E-state index in [2.05, 4.69) is 130 Å². The average molecular weight is 971 g/mol. The lowest BCUT2D eigenvalue weighted by Crippen LogP contribution is -2.27. The van der Waals surface area contributed by atoms with Crippen molar-refractivity contribution in [3.63, 3.8) is 0 Å². The molecule has 3 aliphatic carbocycles. The first-order valence-electron chi connectivity index (χ1n) is 25.3. The summed E-state index contributed by atoms with van der Waals surface area (Å²) in [4.78, 5) is 3.68. The van der Waals surface area contributed by atoms with Crippen LogP contribution in [-0.4, -0.2) is 0 Å². The average Bonchev–Trinajstić information content (AvgIpc) is 3.98. The Kier molecular flexibility index (Phi) is 10.3. The van der Waals surface area contributed by atoms with Crippen molar-refractivity contribution in [3.05, 3.63) is 275 Å². The molecule has 10 aromatic rings. The van der Waals surface area contributed by atoms with Gasteiger partial charge in [-0.2, -0.15) is 0 Å². The van der Waals surface area contributed by atoms with E-state index >= 15 is 17.6 Å². The molecule has 0 heterocycles. The summed E-state index contributed by atoms with van der Waals surface area (Å²) in [5.41, 5.74) is 14.6. The molecule has 0 saturated heterocycles. The summed E-state index contributed by atoms with van der Waals surface area (Å²) in [5.74, 6) is -1.85. The van der Waals surface area contributed by atoms with Gasteiger partial charge in [0.2, 0.25) is 0 Å². The minimum atomic E-state index is -0.818. The lowest BCUT2D eigenvalue weighted by Gasteiger charge is -2.34. The van der Waals surface area contributed by atoms with Gasteiger partial charge in [0.25, 0.3) is 0 Å². The number of allylic oxidation sites excluding steroid dienone is 1. The molecule has 360 valence electrons. The highest BCUT2D eigenvalue weighted by molar-refractivity contribution is 6.11. The van der Waals surface area contributed by atoms with Gasteiger partial charge in [-0.3, -0.25) is 0 Å². The molecule has 0 fully saturated rings. The summed E-state index contributed by atoms with van der Waals surface area (Å²) in [7, 11) is 0. The molecule has 0 aromatic heterocycles. The Labute approximate surface area is 429 Å². The Morgan fingerprint density at radius 1 is 0.446 bits per heavy atom. The first-order valence-corrected chi connectivity index (χ1v) is 25.3. The van der Waals surface area contributed by atoms with Crippen molar-refractivity contribution in [2.24, 2.45) is 5.92 Å². The predicted molar refractivity (Wildman–Crippen MR) is 295 cm³/mol. The van der Waals surface area contributed by atoms with E-state index < -0.39 is 34.1 Å². The highest BCUT2D eigenvalue weighted by Gasteiger charge is 2.55. The lowest BCUT2D eigenvalue weighted by atomic mass is 9.69. The quantitative estimate of drug-likeness (QED) is 0.105. The van der Waals surface area contributed by atoms with Crippen LogP contribution >= 0.6 is 0 Å². The van der Waals surface area contributed by atoms with Crippen LogP contribution in [0.15, 0.2) is 213 Å². The topological polar surface area (TPSA) is 6.48 Å². The lowest BCUT2D eigenvalue weighted by molar-refractivity contribution is 0.579. The zero-order valence-electron chi connectivity index (χ0n) is 41.4. The van der Waals surface area contributed by atoms with Crippen molar-refractivity contribution < 1.29 is 17.6 Å². The number of halogens is 4. The zero-order chi connectivity index (χ0) is 50.8. The van der Waals surface area contributed by atoms with E-state index in [0.717, 1.165) is 83.1 Å². The fourth-order valence-electron chi connectivity index (χ4n) is 12.9. The number of fused-ring (bicyclic) bond motifs is 16. The first kappa shape index (κ1) is 45.4. The van der Waals surface area contributed by atoms with Crippen molar-refractivity contribution in [2.45, 2.75) is 44.4 Å². The van der Waals surface area contributed by atoms with Gasteiger partial charge in [0, 0.05) is 28.0 Å². The molecular weight excluding hydrogens is 921 g/mol. The third-order valence-corrected chi connectivity index (χ3v) is 16.4. The largest absolute Gasteiger partial charge is 0.308 e. The van der Waals surface area contributed by atoms with Crippen molar-refractivity contribution in [2.75, 3.05) is 9.80 Å². The standard InChI is InChI=1S/C68H50F4N2/c1-6-40(2)41(3)43-34-45(70)37-48(35-43)73(60-28-15-13-26-58(60)71)47-31-32-52-56(38-47)67(4,5)66-64(52)62(74(46-20-17-19-44(69)36-46)61-29-16-14-27-59(61)72)39-57-65(66)63-49-21-8-7-18-42(49)30-33-55(63)68(57)53-24-11-9-22-50(53)51-23-10-12-25-54(51)68/h6-41H,1H2,2-5H3. The van der Waals surface area contributed by atoms with Gasteiger partial charge < -0.3 is 9.80 Å². The van der Waals surface area contributed by atoms with Crippen LogP contribution in [0.3, 0.4) is 0 Å². The second kappa shape index (κ2) is 16.8. The number of rotatable bonds is 9. The minimum absolute atomic E-state index is 0.0469. The van der Waals surface area contributed by atoms with Crippen LogP contribution in [0.2, 0.25) is 0 Å². The van der Waals surface area contributed by atoms with Gasteiger partial charge in [0.05, 0.1) is 22.5 Å². The predicted octanol–water partition coefficient (Wildman–Crippen LogP) is 18.9. The molecule has 0 bridgehead atoms. The third kappa shape index (κ3) is 6.43. The van der Waals surface area contributed by atoms with Crippen LogP contribution < -0.4 is 9.80 Å². The van der Waals surface area contributed by atoms with Crippen LogP contribution in [0, 0.1) is 29.2 Å². The van der Waals surface area contributed by atoms with Gasteiger partial charge >= 0.3 is 0 Å². The zero-order valence-corrected chi connectivity index (χ0v) is 41.4. The van der Waals surface area contributed by atoms with Gasteiger partial charge in [-0.25, -0.2) is 17.6 Å². The Balaban J connectivity index is 1.17. The Hall–Kier alpha value is -8.48. The number of nitrogens with zero attached hydrogens (tertiary/aromatic N) is 2. The molecule has 0 N–H and O–H groups in total. The van der Waals surface area contributed by atoms with Gasteiger partial charge in [0.15, 0.2) is 0 Å². The van der Waals surface area contributed by atoms with Gasteiger partial charge in [-0.15, -0.1) is 6.58 Å². The Morgan fingerprint density at radius 2 is 1.07 bits per heavy atom. The number of hydrogen-bond acceptors (Lipinski definition) is 2. The molecular formula is C68H50F4N2. The number of anilines is 6. The molecule has 1 spiro atoms. The first-order chi connectivity index (χ1) is 35.9. The summed E-state index contributed by atoms with van der Waals surface area (Å²) in [5, 5.41) is 2.21. The van der Waals surface area contributed by atoms with Crippen molar-refractivity contribution >= 4 is 44.9 Å². The highest BCUT2D eigenvalue weighted by Crippen LogP contribution is 2.69. The second-order valence-electron chi connectivity index (χ2n) is 20.7. The van der Waals surface area contributed by atoms with Crippen molar-refractivity contribution in [1.82, 2.24) is 0 Å². The fraction of sp³-hybridized carbons (Fsp3) is 0.118. The van der Waals surface area contributed by atoms with E-state index in [1.807, 2.05) is 42.2 Å². The van der Waals surface area contributed by atoms with Crippen LogP contribution in [0.25, 0.3) is 44.2 Å². The molecule has 74 heavy (non-hydrogen) atoms. The SMILES string of the molecule is C=CC(C)C(C)c1cc(F)cc(N(c2ccc3c(c2)C(C)(C)c2c-3c(N(c3cccc(F)c3)c3ccccc3F)cc3c2-c2c(ccc4ccccc24)C32c3ccccc3-c3ccccc32)c2ccccc2F)c1. The smallest absolute Gasteiger partial charge is 0.147 e. The molecule has 2 atom stereocenters. The maximum absolute atomic E-state index is 16.9. The summed E-state index contributed by atoms with van der Waals surface area (Å²) < 4.78 is 65.3. The summed E-state index contributed by atoms with van der Waals surface area (Å²) in [6.07, 6.45) is 1.87. The minimum Gasteiger partial charge on any atom is -0.308 e. The highest BCUT2D eigenvalue weighted by atomic mass is 19.1. The molecule has 3 aliphatic rings. The van der Waals surface area contributed by atoms with Gasteiger partial charge in [0.1, 0.15) is 23.3 Å². The molecule has 10 aromatic carbocycles. The molecule has 2 unspecified atom stereocenters. The molecule has 0 amide bonds. The summed E-state index contributed by atoms with van der Waals surface area (Å²) in [6, 6.07) is 63.4. The van der Waals surface area contributed by atoms with E-state index in [4.69, 9.17) is 0 Å². The molecule has 13 rings (SSSR count). The van der Waals surface area contributed by atoms with Gasteiger partial charge in [-0.05, 0) is 168 Å². The van der Waals surface area contributed by atoms with E-state index in [1.54, 1.807) is 47.4 Å². The van der Waals surface area contributed by atoms with Crippen LogP contribution in [0.4, 0.5) is 51.7 Å². The second-order valence-corrected chi connectivity index (χ2v) is 20.7. The maximum atomic E-state index is 16.9. The van der Waals surface area contributed by atoms with Crippen LogP contribution in [0.5, 0.6) is 0 Å². The molecule has 0 aliphatic heterocycles. The van der Waals surface area contributed by atoms with Crippen molar-refractivity contribution in [1.29, 1.82) is 0 Å². The monoisotopic (exact) mass is 970 g/mol. The fourth-order valence-corrected chi connectivity index (χ4v) is 12.9. The number of benzene rings is 10. The molecule has 2 nitrogen and oxygen atoms in total. The van der Waals surface area contributed by atoms with E-state index in [1.165, 1.54) is 30.3 Å². The number of para-hydroxylation sites is 2. The third-order valence-electron chi connectivity index (χ3n) is 16.4. The molecule has 0 saturated carbocycles. The number of hydrogen-bond donors (Lipinski definition) is 0. The normalized spacial score (nSPS) is 14.6. The molecule has 6 heteroatoms. The van der Waals surface area contributed by atoms with Crippen molar-refractivity contribution in [3.8, 4) is 33.4 Å². The van der Waals surface area contributed by atoms with Crippen LogP contribution in [0.1, 0.15) is 72.6 Å². The summed E-state index contributed by atoms with van der Waals surface area (Å²) >= 11 is 0. The Morgan fingerprint density at radius 3 is 1.76 bits per heavy atom. The maximum Gasteiger partial charge on any atom is 0.147 e. The van der Waals surface area contributed by atoms with E-state index in [0.29, 0.717) is 22.7 Å². The van der Waals surface area contributed by atoms with E-state index in [9.17, 15) is 0 Å². The van der Waals surface area contributed by atoms with Gasteiger partial charge in [-0.1, -0.05) is 155 Å². The summed E-state index contributed by atoms with van der Waals surface area (Å²) in [6.45, 7) is 12.6. The van der Waals surface area contributed by atoms with Crippen LogP contribution in [-0.2, 0) is 10.8 Å². The van der Waals surface area contributed by atoms with E-state index in [-0.39, 0.29) is 23.2 Å². The molecule has 0 radical (unpaired) electrons.